The van der Waals surface area contributed by atoms with Crippen LogP contribution in [0.25, 0.3) is 22.4 Å². The largest absolute Gasteiger partial charge is 0.388 e. The number of aliphatic hydroxyl groups excluding tert-OH is 1. The van der Waals surface area contributed by atoms with Crippen molar-refractivity contribution in [2.24, 2.45) is 0 Å². The van der Waals surface area contributed by atoms with Gasteiger partial charge in [0.25, 0.3) is 0 Å². The standard InChI is InChI=1S/C16H13N5O/c22-10-15-17-11-20(18-15)16-13-8-4-5-9-14(13)21(19-16)12-6-2-1-3-7-12/h1-9,11,22H,10H2. The molecule has 4 rings (SSSR count). The minimum Gasteiger partial charge on any atom is -0.388 e. The number of para-hydroxylation sites is 2. The first-order chi connectivity index (χ1) is 10.9. The fourth-order valence-corrected chi connectivity index (χ4v) is 2.46. The van der Waals surface area contributed by atoms with E-state index in [2.05, 4.69) is 15.2 Å². The number of benzene rings is 2. The van der Waals surface area contributed by atoms with Crippen molar-refractivity contribution in [3.8, 4) is 11.5 Å². The minimum atomic E-state index is -0.190. The van der Waals surface area contributed by atoms with E-state index in [9.17, 15) is 0 Å². The monoisotopic (exact) mass is 291 g/mol. The van der Waals surface area contributed by atoms with Gasteiger partial charge in [0.15, 0.2) is 11.6 Å². The molecule has 0 radical (unpaired) electrons. The van der Waals surface area contributed by atoms with Crippen LogP contribution in [0.1, 0.15) is 5.82 Å². The summed E-state index contributed by atoms with van der Waals surface area (Å²) >= 11 is 0. The zero-order chi connectivity index (χ0) is 14.9. The molecule has 2 aromatic carbocycles. The van der Waals surface area contributed by atoms with Crippen LogP contribution < -0.4 is 0 Å². The summed E-state index contributed by atoms with van der Waals surface area (Å²) in [4.78, 5) is 4.05. The van der Waals surface area contributed by atoms with Crippen molar-refractivity contribution in [2.75, 3.05) is 0 Å². The molecular weight excluding hydrogens is 278 g/mol. The van der Waals surface area contributed by atoms with Crippen LogP contribution >= 0.6 is 0 Å². The van der Waals surface area contributed by atoms with Gasteiger partial charge in [-0.25, -0.2) is 9.67 Å². The Morgan fingerprint density at radius 1 is 0.909 bits per heavy atom. The van der Waals surface area contributed by atoms with Crippen molar-refractivity contribution < 1.29 is 5.11 Å². The Morgan fingerprint density at radius 2 is 1.68 bits per heavy atom. The third-order valence-corrected chi connectivity index (χ3v) is 3.47. The van der Waals surface area contributed by atoms with E-state index in [1.54, 1.807) is 11.0 Å². The molecule has 0 saturated carbocycles. The zero-order valence-corrected chi connectivity index (χ0v) is 11.7. The van der Waals surface area contributed by atoms with Crippen LogP contribution in [0.15, 0.2) is 60.9 Å². The number of aliphatic hydroxyl groups is 1. The molecule has 6 nitrogen and oxygen atoms in total. The number of fused-ring (bicyclic) bond motifs is 1. The average molecular weight is 291 g/mol. The lowest BCUT2D eigenvalue weighted by atomic mass is 10.2. The molecule has 0 bridgehead atoms. The van der Waals surface area contributed by atoms with E-state index in [-0.39, 0.29) is 6.61 Å². The van der Waals surface area contributed by atoms with Crippen molar-refractivity contribution in [3.63, 3.8) is 0 Å². The maximum atomic E-state index is 9.13. The lowest BCUT2D eigenvalue weighted by molar-refractivity contribution is 0.271. The van der Waals surface area contributed by atoms with Gasteiger partial charge in [0.05, 0.1) is 11.2 Å². The summed E-state index contributed by atoms with van der Waals surface area (Å²) in [6.45, 7) is -0.190. The summed E-state index contributed by atoms with van der Waals surface area (Å²) in [5.41, 5.74) is 1.97. The minimum absolute atomic E-state index is 0.190. The van der Waals surface area contributed by atoms with Crippen LogP contribution in [0, 0.1) is 0 Å². The number of rotatable bonds is 3. The van der Waals surface area contributed by atoms with Crippen LogP contribution in [0.5, 0.6) is 0 Å². The maximum Gasteiger partial charge on any atom is 0.185 e. The van der Waals surface area contributed by atoms with Gasteiger partial charge < -0.3 is 5.11 Å². The summed E-state index contributed by atoms with van der Waals surface area (Å²) in [5.74, 6) is 1.06. The summed E-state index contributed by atoms with van der Waals surface area (Å²) in [7, 11) is 0. The normalized spacial score (nSPS) is 11.1. The molecule has 0 saturated heterocycles. The van der Waals surface area contributed by atoms with Crippen molar-refractivity contribution in [2.45, 2.75) is 6.61 Å². The van der Waals surface area contributed by atoms with Crippen molar-refractivity contribution in [1.82, 2.24) is 24.5 Å². The molecule has 0 aliphatic heterocycles. The Bertz CT molecular complexity index is 926. The van der Waals surface area contributed by atoms with Crippen molar-refractivity contribution in [3.05, 3.63) is 66.7 Å². The molecule has 22 heavy (non-hydrogen) atoms. The molecule has 1 N–H and O–H groups in total. The number of hydrogen-bond donors (Lipinski definition) is 1. The van der Waals surface area contributed by atoms with Gasteiger partial charge in [-0.2, -0.15) is 4.68 Å². The SMILES string of the molecule is OCc1ncn(-c2nn(-c3ccccc3)c3ccccc23)n1. The van der Waals surface area contributed by atoms with Crippen molar-refractivity contribution in [1.29, 1.82) is 0 Å². The first-order valence-corrected chi connectivity index (χ1v) is 6.92. The summed E-state index contributed by atoms with van der Waals surface area (Å²) in [6, 6.07) is 17.9. The fraction of sp³-hybridized carbons (Fsp3) is 0.0625. The molecular formula is C16H13N5O. The van der Waals surface area contributed by atoms with E-state index in [4.69, 9.17) is 5.11 Å². The first kappa shape index (κ1) is 12.7. The second-order valence-corrected chi connectivity index (χ2v) is 4.85. The van der Waals surface area contributed by atoms with Gasteiger partial charge in [-0.15, -0.1) is 10.2 Å². The highest BCUT2D eigenvalue weighted by Crippen LogP contribution is 2.24. The zero-order valence-electron chi connectivity index (χ0n) is 11.7. The van der Waals surface area contributed by atoms with E-state index in [1.807, 2.05) is 59.3 Å². The van der Waals surface area contributed by atoms with Crippen LogP contribution in [0.2, 0.25) is 0 Å². The Kier molecular flexibility index (Phi) is 2.94. The van der Waals surface area contributed by atoms with E-state index >= 15 is 0 Å². The van der Waals surface area contributed by atoms with E-state index < -0.39 is 0 Å². The molecule has 0 spiro atoms. The van der Waals surface area contributed by atoms with Crippen LogP contribution in [-0.4, -0.2) is 29.7 Å². The molecule has 2 heterocycles. The third-order valence-electron chi connectivity index (χ3n) is 3.47. The Morgan fingerprint density at radius 3 is 2.45 bits per heavy atom. The quantitative estimate of drug-likeness (QED) is 0.627. The van der Waals surface area contributed by atoms with E-state index in [0.29, 0.717) is 11.6 Å². The predicted molar refractivity (Wildman–Crippen MR) is 81.9 cm³/mol. The van der Waals surface area contributed by atoms with Gasteiger partial charge in [-0.3, -0.25) is 0 Å². The predicted octanol–water partition coefficient (Wildman–Crippen LogP) is 2.10. The Balaban J connectivity index is 1.97. The summed E-state index contributed by atoms with van der Waals surface area (Å²) in [5, 5.41) is 19.0. The summed E-state index contributed by atoms with van der Waals surface area (Å²) in [6.07, 6.45) is 1.57. The topological polar surface area (TPSA) is 68.8 Å². The second-order valence-electron chi connectivity index (χ2n) is 4.85. The second kappa shape index (κ2) is 5.09. The van der Waals surface area contributed by atoms with E-state index in [0.717, 1.165) is 16.6 Å². The van der Waals surface area contributed by atoms with Gasteiger partial charge in [0, 0.05) is 5.39 Å². The Labute approximate surface area is 126 Å². The van der Waals surface area contributed by atoms with Gasteiger partial charge in [0.2, 0.25) is 0 Å². The molecule has 0 amide bonds. The fourth-order valence-electron chi connectivity index (χ4n) is 2.46. The molecule has 6 heteroatoms. The van der Waals surface area contributed by atoms with Gasteiger partial charge in [-0.1, -0.05) is 30.3 Å². The van der Waals surface area contributed by atoms with Crippen LogP contribution in [-0.2, 0) is 6.61 Å². The molecule has 0 aliphatic rings. The molecule has 0 atom stereocenters. The highest BCUT2D eigenvalue weighted by molar-refractivity contribution is 5.87. The highest BCUT2D eigenvalue weighted by atomic mass is 16.3. The number of aromatic nitrogens is 5. The first-order valence-electron chi connectivity index (χ1n) is 6.92. The molecule has 108 valence electrons. The smallest absolute Gasteiger partial charge is 0.185 e. The molecule has 0 fully saturated rings. The maximum absolute atomic E-state index is 9.13. The number of nitrogens with zero attached hydrogens (tertiary/aromatic N) is 5. The molecule has 2 aromatic heterocycles. The molecule has 0 aliphatic carbocycles. The van der Waals surface area contributed by atoms with E-state index in [1.165, 1.54) is 0 Å². The van der Waals surface area contributed by atoms with Gasteiger partial charge in [0.1, 0.15) is 12.9 Å². The third kappa shape index (κ3) is 1.97. The number of hydrogen-bond acceptors (Lipinski definition) is 4. The molecule has 4 aromatic rings. The van der Waals surface area contributed by atoms with Gasteiger partial charge >= 0.3 is 0 Å². The summed E-state index contributed by atoms with van der Waals surface area (Å²) < 4.78 is 3.47. The van der Waals surface area contributed by atoms with Crippen LogP contribution in [0.4, 0.5) is 0 Å². The Hall–Kier alpha value is -2.99. The lowest BCUT2D eigenvalue weighted by Crippen LogP contribution is -2.00. The van der Waals surface area contributed by atoms with Gasteiger partial charge in [-0.05, 0) is 24.3 Å². The lowest BCUT2D eigenvalue weighted by Gasteiger charge is -2.01. The van der Waals surface area contributed by atoms with Crippen molar-refractivity contribution >= 4 is 10.9 Å². The molecule has 0 unspecified atom stereocenters. The van der Waals surface area contributed by atoms with Crippen LogP contribution in [0.3, 0.4) is 0 Å². The average Bonchev–Trinajstić information content (AvgIpc) is 3.20. The highest BCUT2D eigenvalue weighted by Gasteiger charge is 2.14.